The van der Waals surface area contributed by atoms with Gasteiger partial charge >= 0.3 is 0 Å². The van der Waals surface area contributed by atoms with Crippen molar-refractivity contribution < 1.29 is 4.79 Å². The lowest BCUT2D eigenvalue weighted by Crippen LogP contribution is -2.50. The van der Waals surface area contributed by atoms with Crippen LogP contribution >= 0.6 is 0 Å². The number of fused-ring (bicyclic) bond motifs is 5. The quantitative estimate of drug-likeness (QED) is 0.456. The van der Waals surface area contributed by atoms with E-state index in [0.29, 0.717) is 11.8 Å². The van der Waals surface area contributed by atoms with Crippen molar-refractivity contribution in [2.45, 2.75) is 72.1 Å². The lowest BCUT2D eigenvalue weighted by Gasteiger charge is -2.56. The number of carbonyl (C=O) groups excluding carboxylic acids is 1. The summed E-state index contributed by atoms with van der Waals surface area (Å²) >= 11 is 0. The lowest BCUT2D eigenvalue weighted by atomic mass is 9.49. The first kappa shape index (κ1) is 23.0. The molecule has 4 saturated carbocycles. The second-order valence-electron chi connectivity index (χ2n) is 11.6. The molecule has 5 heteroatoms. The van der Waals surface area contributed by atoms with E-state index in [-0.39, 0.29) is 35.1 Å². The molecule has 32 heavy (non-hydrogen) atoms. The molecular weight excluding hydrogens is 396 g/mol. The van der Waals surface area contributed by atoms with Crippen LogP contribution < -0.4 is 5.32 Å². The number of allylic oxidation sites excluding steroid dienone is 2. The maximum absolute atomic E-state index is 13.4. The van der Waals surface area contributed by atoms with Crippen LogP contribution in [0.15, 0.2) is 11.8 Å². The molecule has 4 fully saturated rings. The summed E-state index contributed by atoms with van der Waals surface area (Å²) in [5.41, 5.74) is -0.107. The average molecular weight is 435 g/mol. The summed E-state index contributed by atoms with van der Waals surface area (Å²) in [6.07, 6.45) is 11.8. The van der Waals surface area contributed by atoms with E-state index >= 15 is 0 Å². The van der Waals surface area contributed by atoms with E-state index in [2.05, 4.69) is 26.1 Å². The van der Waals surface area contributed by atoms with Crippen LogP contribution in [0.3, 0.4) is 0 Å². The molecule has 0 aromatic carbocycles. The third-order valence-electron chi connectivity index (χ3n) is 9.89. The Morgan fingerprint density at radius 1 is 1.06 bits per heavy atom. The van der Waals surface area contributed by atoms with Crippen LogP contribution in [0.1, 0.15) is 72.1 Å². The highest BCUT2D eigenvalue weighted by Gasteiger charge is 2.60. The predicted octanol–water partition coefficient (Wildman–Crippen LogP) is 5.25. The van der Waals surface area contributed by atoms with Gasteiger partial charge in [0.05, 0.1) is 6.54 Å². The second-order valence-corrected chi connectivity index (χ2v) is 11.6. The smallest absolute Gasteiger partial charge is 0.155 e. The van der Waals surface area contributed by atoms with Crippen LogP contribution in [-0.2, 0) is 4.79 Å². The highest BCUT2D eigenvalue weighted by atomic mass is 16.1. The van der Waals surface area contributed by atoms with E-state index in [0.717, 1.165) is 42.4 Å². The van der Waals surface area contributed by atoms with Gasteiger partial charge in [0.25, 0.3) is 0 Å². The highest BCUT2D eigenvalue weighted by Crippen LogP contribution is 2.65. The minimum Gasteiger partial charge on any atom is -0.369 e. The zero-order valence-corrected chi connectivity index (χ0v) is 19.9. The topological polar surface area (TPSA) is 101 Å². The summed E-state index contributed by atoms with van der Waals surface area (Å²) in [6, 6.07) is 3.66. The number of nitrogens with zero attached hydrogens (tertiary/aromatic N) is 2. The van der Waals surface area contributed by atoms with Crippen LogP contribution in [0.5, 0.6) is 0 Å². The molecule has 9 atom stereocenters. The van der Waals surface area contributed by atoms with Crippen molar-refractivity contribution in [1.29, 1.82) is 15.9 Å². The Morgan fingerprint density at radius 3 is 2.53 bits per heavy atom. The summed E-state index contributed by atoms with van der Waals surface area (Å²) < 4.78 is 0. The summed E-state index contributed by atoms with van der Waals surface area (Å²) in [6.45, 7) is 7.16. The van der Waals surface area contributed by atoms with Gasteiger partial charge in [-0.1, -0.05) is 27.2 Å². The zero-order valence-electron chi connectivity index (χ0n) is 19.9. The Kier molecular flexibility index (Phi) is 6.49. The molecule has 172 valence electrons. The van der Waals surface area contributed by atoms with Crippen LogP contribution in [0, 0.1) is 80.8 Å². The number of hydrogen-bond acceptors (Lipinski definition) is 5. The molecule has 4 aliphatic rings. The van der Waals surface area contributed by atoms with Gasteiger partial charge in [-0.05, 0) is 91.8 Å². The third-order valence-corrected chi connectivity index (χ3v) is 9.89. The van der Waals surface area contributed by atoms with Crippen molar-refractivity contribution in [2.75, 3.05) is 6.54 Å². The first-order valence-electron chi connectivity index (χ1n) is 12.7. The van der Waals surface area contributed by atoms with Gasteiger partial charge in [-0.2, -0.15) is 10.5 Å². The van der Waals surface area contributed by atoms with Gasteiger partial charge in [-0.25, -0.2) is 0 Å². The van der Waals surface area contributed by atoms with Gasteiger partial charge in [-0.3, -0.25) is 10.2 Å². The molecule has 0 bridgehead atoms. The number of Topliss-reactive ketones (excluding diaryl/α,β-unsaturated/α-hetero) is 1. The van der Waals surface area contributed by atoms with Crippen LogP contribution in [0.4, 0.5) is 0 Å². The van der Waals surface area contributed by atoms with Gasteiger partial charge in [0, 0.05) is 12.0 Å². The molecule has 0 aromatic heterocycles. The molecule has 0 saturated heterocycles. The minimum absolute atomic E-state index is 0.0282. The number of rotatable bonds is 5. The maximum Gasteiger partial charge on any atom is 0.155 e. The fourth-order valence-corrected chi connectivity index (χ4v) is 8.73. The van der Waals surface area contributed by atoms with E-state index in [1.165, 1.54) is 44.6 Å². The minimum atomic E-state index is -0.284. The molecular formula is C27H38N4O. The van der Waals surface area contributed by atoms with Crippen molar-refractivity contribution in [3.8, 4) is 12.1 Å². The van der Waals surface area contributed by atoms with E-state index in [1.807, 2.05) is 6.07 Å². The molecule has 4 aliphatic carbocycles. The van der Waals surface area contributed by atoms with Crippen molar-refractivity contribution in [2.24, 2.45) is 52.8 Å². The van der Waals surface area contributed by atoms with E-state index in [1.54, 1.807) is 6.07 Å². The van der Waals surface area contributed by atoms with Crippen molar-refractivity contribution in [3.63, 3.8) is 0 Å². The SMILES string of the molecule is CC1CCC2C(CCC3C2CCC2(C)C3CC(C)C2C(=O)CN/C(C#N)=C\C(=N)C#N)C1. The normalized spacial score (nSPS) is 43.1. The first-order valence-corrected chi connectivity index (χ1v) is 12.7. The average Bonchev–Trinajstić information content (AvgIpc) is 3.05. The van der Waals surface area contributed by atoms with Crippen molar-refractivity contribution in [3.05, 3.63) is 11.8 Å². The Bertz CT molecular complexity index is 879. The van der Waals surface area contributed by atoms with Gasteiger partial charge in [0.2, 0.25) is 0 Å². The molecule has 0 spiro atoms. The highest BCUT2D eigenvalue weighted by molar-refractivity contribution is 6.05. The van der Waals surface area contributed by atoms with Crippen LogP contribution in [-0.4, -0.2) is 18.0 Å². The molecule has 0 heterocycles. The maximum atomic E-state index is 13.4. The monoisotopic (exact) mass is 434 g/mol. The molecule has 4 rings (SSSR count). The van der Waals surface area contributed by atoms with E-state index in [4.69, 9.17) is 10.7 Å². The van der Waals surface area contributed by atoms with Gasteiger partial charge in [0.1, 0.15) is 23.5 Å². The molecule has 0 aliphatic heterocycles. The van der Waals surface area contributed by atoms with Crippen molar-refractivity contribution in [1.82, 2.24) is 5.32 Å². The molecule has 0 aromatic rings. The molecule has 0 amide bonds. The van der Waals surface area contributed by atoms with E-state index in [9.17, 15) is 10.1 Å². The molecule has 2 N–H and O–H groups in total. The Balaban J connectivity index is 1.47. The van der Waals surface area contributed by atoms with Crippen molar-refractivity contribution >= 4 is 11.5 Å². The zero-order chi connectivity index (χ0) is 23.0. The predicted molar refractivity (Wildman–Crippen MR) is 124 cm³/mol. The van der Waals surface area contributed by atoms with Gasteiger partial charge < -0.3 is 5.32 Å². The number of hydrogen-bond donors (Lipinski definition) is 2. The largest absolute Gasteiger partial charge is 0.369 e. The van der Waals surface area contributed by atoms with Gasteiger partial charge in [0.15, 0.2) is 5.78 Å². The standard InChI is InChI=1S/C27H38N4O/c1-16-4-6-21-18(10-16)5-7-23-22(21)8-9-27(3)24(23)11-17(2)26(27)25(32)15-31-20(14-29)12-19(30)13-28/h12,16-18,21-24,26,30-31H,4-11,15H2,1-3H3/b20-12-,30-19?. The number of nitrogens with one attached hydrogen (secondary N) is 2. The second kappa shape index (κ2) is 9.01. The fourth-order valence-electron chi connectivity index (χ4n) is 8.73. The Morgan fingerprint density at radius 2 is 1.81 bits per heavy atom. The molecule has 0 radical (unpaired) electrons. The molecule has 5 nitrogen and oxygen atoms in total. The fraction of sp³-hybridized carbons (Fsp3) is 0.778. The van der Waals surface area contributed by atoms with Crippen LogP contribution in [0.25, 0.3) is 0 Å². The Labute approximate surface area is 193 Å². The van der Waals surface area contributed by atoms with Gasteiger partial charge in [-0.15, -0.1) is 0 Å². The van der Waals surface area contributed by atoms with Crippen LogP contribution in [0.2, 0.25) is 0 Å². The number of ketones is 1. The summed E-state index contributed by atoms with van der Waals surface area (Å²) in [5.74, 6) is 5.62. The summed E-state index contributed by atoms with van der Waals surface area (Å²) in [5, 5.41) is 28.4. The summed E-state index contributed by atoms with van der Waals surface area (Å²) in [7, 11) is 0. The molecule has 9 unspecified atom stereocenters. The Hall–Kier alpha value is -2.14. The number of carbonyl (C=O) groups is 1. The third kappa shape index (κ3) is 4.00. The first-order chi connectivity index (χ1) is 15.3. The lowest BCUT2D eigenvalue weighted by molar-refractivity contribution is -0.130. The number of nitriles is 2. The van der Waals surface area contributed by atoms with E-state index < -0.39 is 0 Å². The summed E-state index contributed by atoms with van der Waals surface area (Å²) in [4.78, 5) is 13.4.